The van der Waals surface area contributed by atoms with Crippen molar-refractivity contribution in [2.45, 2.75) is 37.9 Å². The largest absolute Gasteiger partial charge is 0.417 e. The van der Waals surface area contributed by atoms with E-state index in [1.165, 1.54) is 6.07 Å². The Kier molecular flexibility index (Phi) is 6.85. The molecule has 4 rings (SSSR count). The number of benzene rings is 1. The Labute approximate surface area is 191 Å². The number of aromatic nitrogens is 1. The number of likely N-dealkylation sites (tertiary alicyclic amines) is 1. The quantitative estimate of drug-likeness (QED) is 0.702. The highest BCUT2D eigenvalue weighted by atomic mass is 19.4. The molecule has 0 saturated carbocycles. The van der Waals surface area contributed by atoms with Gasteiger partial charge in [-0.2, -0.15) is 13.2 Å². The van der Waals surface area contributed by atoms with E-state index in [0.717, 1.165) is 24.2 Å². The van der Waals surface area contributed by atoms with E-state index in [-0.39, 0.29) is 18.2 Å². The number of hydrogen-bond donors (Lipinski definition) is 0. The van der Waals surface area contributed by atoms with Crippen LogP contribution in [0.5, 0.6) is 0 Å². The van der Waals surface area contributed by atoms with E-state index in [9.17, 15) is 22.8 Å². The first-order valence-corrected chi connectivity index (χ1v) is 11.2. The van der Waals surface area contributed by atoms with Crippen molar-refractivity contribution in [2.75, 3.05) is 37.6 Å². The van der Waals surface area contributed by atoms with Crippen LogP contribution in [0, 0.1) is 0 Å². The first-order chi connectivity index (χ1) is 15.8. The Morgan fingerprint density at radius 2 is 1.73 bits per heavy atom. The molecule has 1 atom stereocenters. The van der Waals surface area contributed by atoms with Gasteiger partial charge in [0.2, 0.25) is 11.8 Å². The fraction of sp³-hybridized carbons (Fsp3) is 0.458. The van der Waals surface area contributed by atoms with Gasteiger partial charge in [-0.15, -0.1) is 0 Å². The van der Waals surface area contributed by atoms with Crippen molar-refractivity contribution in [2.24, 2.45) is 0 Å². The van der Waals surface area contributed by atoms with Gasteiger partial charge in [-0.1, -0.05) is 30.3 Å². The summed E-state index contributed by atoms with van der Waals surface area (Å²) in [5.41, 5.74) is 0.148. The number of hydrogen-bond acceptors (Lipinski definition) is 4. The molecule has 33 heavy (non-hydrogen) atoms. The van der Waals surface area contributed by atoms with Gasteiger partial charge in [-0.3, -0.25) is 9.59 Å². The van der Waals surface area contributed by atoms with Crippen LogP contribution >= 0.6 is 0 Å². The molecule has 2 fully saturated rings. The smallest absolute Gasteiger partial charge is 0.355 e. The lowest BCUT2D eigenvalue weighted by atomic mass is 10.1. The molecule has 0 spiro atoms. The molecule has 2 aliphatic rings. The number of carbonyl (C=O) groups is 2. The second-order valence-electron chi connectivity index (χ2n) is 8.48. The summed E-state index contributed by atoms with van der Waals surface area (Å²) in [5.74, 6) is 0.386. The Morgan fingerprint density at radius 1 is 0.939 bits per heavy atom. The van der Waals surface area contributed by atoms with Crippen molar-refractivity contribution in [1.82, 2.24) is 14.8 Å². The maximum Gasteiger partial charge on any atom is 0.417 e. The van der Waals surface area contributed by atoms with Gasteiger partial charge in [-0.25, -0.2) is 4.98 Å². The van der Waals surface area contributed by atoms with Crippen LogP contribution in [0.4, 0.5) is 19.0 Å². The molecular weight excluding hydrogens is 433 g/mol. The molecule has 2 aromatic rings. The van der Waals surface area contributed by atoms with E-state index in [0.29, 0.717) is 51.4 Å². The van der Waals surface area contributed by atoms with Crippen LogP contribution in [0.15, 0.2) is 48.7 Å². The molecule has 3 heterocycles. The van der Waals surface area contributed by atoms with Gasteiger partial charge in [0.05, 0.1) is 12.0 Å². The average Bonchev–Trinajstić information content (AvgIpc) is 3.17. The van der Waals surface area contributed by atoms with Gasteiger partial charge in [0.15, 0.2) is 0 Å². The highest BCUT2D eigenvalue weighted by Crippen LogP contribution is 2.29. The van der Waals surface area contributed by atoms with Gasteiger partial charge >= 0.3 is 6.18 Å². The van der Waals surface area contributed by atoms with Crippen molar-refractivity contribution in [3.63, 3.8) is 0 Å². The Bertz CT molecular complexity index is 966. The molecule has 6 nitrogen and oxygen atoms in total. The van der Waals surface area contributed by atoms with Crippen LogP contribution in [0.25, 0.3) is 0 Å². The predicted octanol–water partition coefficient (Wildman–Crippen LogP) is 3.37. The number of nitrogens with zero attached hydrogens (tertiary/aromatic N) is 4. The zero-order chi connectivity index (χ0) is 23.4. The lowest BCUT2D eigenvalue weighted by molar-refractivity contribution is -0.143. The second kappa shape index (κ2) is 9.80. The predicted molar refractivity (Wildman–Crippen MR) is 118 cm³/mol. The molecule has 0 aliphatic carbocycles. The van der Waals surface area contributed by atoms with Gasteiger partial charge in [0, 0.05) is 38.9 Å². The molecule has 1 unspecified atom stereocenters. The molecule has 1 aromatic heterocycles. The molecule has 0 radical (unpaired) electrons. The summed E-state index contributed by atoms with van der Waals surface area (Å²) < 4.78 is 38.4. The van der Waals surface area contributed by atoms with E-state index in [1.54, 1.807) is 9.80 Å². The number of anilines is 1. The van der Waals surface area contributed by atoms with Crippen molar-refractivity contribution in [3.05, 3.63) is 59.8 Å². The van der Waals surface area contributed by atoms with Gasteiger partial charge in [-0.05, 0) is 37.0 Å². The molecule has 1 aromatic carbocycles. The van der Waals surface area contributed by atoms with Crippen LogP contribution < -0.4 is 4.90 Å². The average molecular weight is 461 g/mol. The summed E-state index contributed by atoms with van der Waals surface area (Å²) in [5, 5.41) is 0. The second-order valence-corrected chi connectivity index (χ2v) is 8.48. The number of alkyl halides is 3. The Hall–Kier alpha value is -3.10. The van der Waals surface area contributed by atoms with E-state index in [2.05, 4.69) is 4.98 Å². The lowest BCUT2D eigenvalue weighted by Gasteiger charge is -2.30. The molecule has 2 amide bonds. The van der Waals surface area contributed by atoms with Gasteiger partial charge in [0.1, 0.15) is 11.9 Å². The fourth-order valence-corrected chi connectivity index (χ4v) is 4.51. The first-order valence-electron chi connectivity index (χ1n) is 11.2. The zero-order valence-corrected chi connectivity index (χ0v) is 18.3. The van der Waals surface area contributed by atoms with Crippen LogP contribution in [0.1, 0.15) is 30.4 Å². The van der Waals surface area contributed by atoms with E-state index >= 15 is 0 Å². The minimum Gasteiger partial charge on any atom is -0.355 e. The number of halogens is 3. The van der Waals surface area contributed by atoms with Crippen molar-refractivity contribution in [1.29, 1.82) is 0 Å². The normalized spacial score (nSPS) is 19.5. The SMILES string of the molecule is O=C(C1CCCN1C(=O)Cc1ccccc1)N1CCCN(c2ccc(C(F)(F)F)cn2)CC1. The topological polar surface area (TPSA) is 56.8 Å². The third-order valence-corrected chi connectivity index (χ3v) is 6.26. The molecule has 0 bridgehead atoms. The Morgan fingerprint density at radius 3 is 2.42 bits per heavy atom. The van der Waals surface area contributed by atoms with Gasteiger partial charge < -0.3 is 14.7 Å². The molecule has 0 N–H and O–H groups in total. The monoisotopic (exact) mass is 460 g/mol. The van der Waals surface area contributed by atoms with Crippen LogP contribution in [-0.2, 0) is 22.2 Å². The molecule has 2 aliphatic heterocycles. The maximum atomic E-state index is 13.3. The maximum absolute atomic E-state index is 13.3. The summed E-state index contributed by atoms with van der Waals surface area (Å²) in [6.45, 7) is 2.65. The minimum absolute atomic E-state index is 0.0394. The standard InChI is InChI=1S/C24H27F3N4O2/c25-24(26,27)19-9-10-21(28-17-19)29-11-5-12-30(15-14-29)23(33)20-8-4-13-31(20)22(32)16-18-6-2-1-3-7-18/h1-3,6-7,9-10,17,20H,4-5,8,11-16H2. The molecular formula is C24H27F3N4O2. The van der Waals surface area contributed by atoms with Crippen molar-refractivity contribution < 1.29 is 22.8 Å². The molecule has 9 heteroatoms. The summed E-state index contributed by atoms with van der Waals surface area (Å²) in [6, 6.07) is 11.5. The summed E-state index contributed by atoms with van der Waals surface area (Å²) in [4.78, 5) is 35.5. The third-order valence-electron chi connectivity index (χ3n) is 6.26. The third kappa shape index (κ3) is 5.46. The van der Waals surface area contributed by atoms with Gasteiger partial charge in [0.25, 0.3) is 0 Å². The number of amides is 2. The van der Waals surface area contributed by atoms with Crippen LogP contribution in [0.3, 0.4) is 0 Å². The van der Waals surface area contributed by atoms with Crippen LogP contribution in [0.2, 0.25) is 0 Å². The van der Waals surface area contributed by atoms with E-state index < -0.39 is 17.8 Å². The van der Waals surface area contributed by atoms with E-state index in [4.69, 9.17) is 0 Å². The summed E-state index contributed by atoms with van der Waals surface area (Å²) >= 11 is 0. The number of rotatable bonds is 4. The summed E-state index contributed by atoms with van der Waals surface area (Å²) in [7, 11) is 0. The number of pyridine rings is 1. The minimum atomic E-state index is -4.42. The Balaban J connectivity index is 1.37. The highest BCUT2D eigenvalue weighted by Gasteiger charge is 2.37. The highest BCUT2D eigenvalue weighted by molar-refractivity contribution is 5.89. The molecule has 2 saturated heterocycles. The molecule has 176 valence electrons. The van der Waals surface area contributed by atoms with Crippen molar-refractivity contribution in [3.8, 4) is 0 Å². The lowest BCUT2D eigenvalue weighted by Crippen LogP contribution is -2.49. The zero-order valence-electron chi connectivity index (χ0n) is 18.3. The fourth-order valence-electron chi connectivity index (χ4n) is 4.51. The first kappa shape index (κ1) is 23.1. The van der Waals surface area contributed by atoms with Crippen molar-refractivity contribution >= 4 is 17.6 Å². The summed E-state index contributed by atoms with van der Waals surface area (Å²) in [6.07, 6.45) is -1.17. The van der Waals surface area contributed by atoms with E-state index in [1.807, 2.05) is 35.2 Å². The van der Waals surface area contributed by atoms with Crippen LogP contribution in [-0.4, -0.2) is 65.4 Å². The number of carbonyl (C=O) groups excluding carboxylic acids is 2.